The average molecular weight is 338 g/mol. The molecule has 1 atom stereocenters. The van der Waals surface area contributed by atoms with Crippen molar-refractivity contribution in [3.63, 3.8) is 0 Å². The molecule has 0 bridgehead atoms. The SMILES string of the molecule is COCCN1CC(=O)N(C2CCN(c3ccccc3Cl)C2)C1=O. The second-order valence-corrected chi connectivity index (χ2v) is 6.21. The van der Waals surface area contributed by atoms with Crippen molar-refractivity contribution in [1.29, 1.82) is 0 Å². The Labute approximate surface area is 140 Å². The Bertz CT molecular complexity index is 610. The molecule has 7 heteroatoms. The van der Waals surface area contributed by atoms with E-state index in [1.165, 1.54) is 4.90 Å². The third kappa shape index (κ3) is 3.14. The number of para-hydroxylation sites is 1. The number of rotatable bonds is 5. The minimum absolute atomic E-state index is 0.0983. The molecule has 1 aromatic carbocycles. The summed E-state index contributed by atoms with van der Waals surface area (Å²) >= 11 is 6.24. The molecule has 3 amide bonds. The predicted molar refractivity (Wildman–Crippen MR) is 87.8 cm³/mol. The number of hydrogen-bond acceptors (Lipinski definition) is 4. The van der Waals surface area contributed by atoms with Crippen LogP contribution in [0.4, 0.5) is 10.5 Å². The first-order valence-corrected chi connectivity index (χ1v) is 8.09. The van der Waals surface area contributed by atoms with Gasteiger partial charge in [0.1, 0.15) is 6.54 Å². The molecule has 2 aliphatic heterocycles. The van der Waals surface area contributed by atoms with Gasteiger partial charge in [0.15, 0.2) is 0 Å². The number of methoxy groups -OCH3 is 1. The van der Waals surface area contributed by atoms with Gasteiger partial charge in [-0.3, -0.25) is 9.69 Å². The van der Waals surface area contributed by atoms with E-state index in [9.17, 15) is 9.59 Å². The maximum atomic E-state index is 12.4. The molecule has 0 saturated carbocycles. The van der Waals surface area contributed by atoms with Gasteiger partial charge >= 0.3 is 6.03 Å². The molecule has 3 rings (SSSR count). The zero-order chi connectivity index (χ0) is 16.4. The van der Waals surface area contributed by atoms with Crippen LogP contribution in [0.25, 0.3) is 0 Å². The predicted octanol–water partition coefficient (Wildman–Crippen LogP) is 1.83. The fourth-order valence-electron chi connectivity index (χ4n) is 3.18. The Balaban J connectivity index is 1.68. The van der Waals surface area contributed by atoms with E-state index in [2.05, 4.69) is 4.90 Å². The summed E-state index contributed by atoms with van der Waals surface area (Å²) in [6.07, 6.45) is 0.765. The van der Waals surface area contributed by atoms with E-state index in [0.29, 0.717) is 24.7 Å². The van der Waals surface area contributed by atoms with Gasteiger partial charge < -0.3 is 14.5 Å². The van der Waals surface area contributed by atoms with Crippen molar-refractivity contribution in [1.82, 2.24) is 9.80 Å². The number of halogens is 1. The molecule has 0 radical (unpaired) electrons. The first-order chi connectivity index (χ1) is 11.1. The van der Waals surface area contributed by atoms with E-state index in [-0.39, 0.29) is 24.5 Å². The summed E-state index contributed by atoms with van der Waals surface area (Å²) in [7, 11) is 1.58. The summed E-state index contributed by atoms with van der Waals surface area (Å²) < 4.78 is 4.99. The van der Waals surface area contributed by atoms with Crippen molar-refractivity contribution in [2.45, 2.75) is 12.5 Å². The third-order valence-corrected chi connectivity index (χ3v) is 4.68. The zero-order valence-corrected chi connectivity index (χ0v) is 13.8. The van der Waals surface area contributed by atoms with Crippen molar-refractivity contribution in [2.24, 2.45) is 0 Å². The second kappa shape index (κ2) is 6.76. The lowest BCUT2D eigenvalue weighted by Crippen LogP contribution is -2.43. The van der Waals surface area contributed by atoms with Crippen LogP contribution in [0, 0.1) is 0 Å². The Morgan fingerprint density at radius 3 is 2.83 bits per heavy atom. The van der Waals surface area contributed by atoms with Crippen LogP contribution in [0.15, 0.2) is 24.3 Å². The molecule has 2 fully saturated rings. The van der Waals surface area contributed by atoms with E-state index in [1.54, 1.807) is 12.0 Å². The highest BCUT2D eigenvalue weighted by Gasteiger charge is 2.42. The lowest BCUT2D eigenvalue weighted by Gasteiger charge is -2.24. The van der Waals surface area contributed by atoms with Gasteiger partial charge in [0.25, 0.3) is 5.91 Å². The Morgan fingerprint density at radius 1 is 1.30 bits per heavy atom. The summed E-state index contributed by atoms with van der Waals surface area (Å²) in [5, 5.41) is 0.689. The van der Waals surface area contributed by atoms with E-state index < -0.39 is 0 Å². The molecule has 0 aliphatic carbocycles. The second-order valence-electron chi connectivity index (χ2n) is 5.80. The molecule has 124 valence electrons. The first-order valence-electron chi connectivity index (χ1n) is 7.71. The molecule has 1 aromatic rings. The smallest absolute Gasteiger partial charge is 0.327 e. The van der Waals surface area contributed by atoms with Gasteiger partial charge in [-0.25, -0.2) is 4.79 Å². The summed E-state index contributed by atoms with van der Waals surface area (Å²) in [5.41, 5.74) is 0.951. The van der Waals surface area contributed by atoms with Crippen molar-refractivity contribution in [2.75, 3.05) is 44.8 Å². The highest BCUT2D eigenvalue weighted by atomic mass is 35.5. The van der Waals surface area contributed by atoms with E-state index in [0.717, 1.165) is 18.7 Å². The van der Waals surface area contributed by atoms with Gasteiger partial charge in [0.2, 0.25) is 0 Å². The molecule has 1 unspecified atom stereocenters. The van der Waals surface area contributed by atoms with Crippen LogP contribution < -0.4 is 4.90 Å². The largest absolute Gasteiger partial charge is 0.383 e. The molecule has 6 nitrogen and oxygen atoms in total. The summed E-state index contributed by atoms with van der Waals surface area (Å²) in [6.45, 7) is 2.43. The van der Waals surface area contributed by atoms with Crippen molar-refractivity contribution >= 4 is 29.2 Å². The number of benzene rings is 1. The third-order valence-electron chi connectivity index (χ3n) is 4.36. The number of carbonyl (C=O) groups is 2. The highest BCUT2D eigenvalue weighted by Crippen LogP contribution is 2.30. The topological polar surface area (TPSA) is 53.1 Å². The first kappa shape index (κ1) is 16.1. The molecule has 2 heterocycles. The van der Waals surface area contributed by atoms with Crippen molar-refractivity contribution in [3.05, 3.63) is 29.3 Å². The van der Waals surface area contributed by atoms with Crippen molar-refractivity contribution in [3.8, 4) is 0 Å². The van der Waals surface area contributed by atoms with Crippen LogP contribution in [0.3, 0.4) is 0 Å². The number of nitrogens with zero attached hydrogens (tertiary/aromatic N) is 3. The van der Waals surface area contributed by atoms with Gasteiger partial charge in [-0.1, -0.05) is 23.7 Å². The number of ether oxygens (including phenoxy) is 1. The molecule has 2 aliphatic rings. The van der Waals surface area contributed by atoms with Gasteiger partial charge in [-0.05, 0) is 18.6 Å². The maximum absolute atomic E-state index is 12.4. The van der Waals surface area contributed by atoms with E-state index in [4.69, 9.17) is 16.3 Å². The molecule has 0 aromatic heterocycles. The highest BCUT2D eigenvalue weighted by molar-refractivity contribution is 6.33. The Kier molecular flexibility index (Phi) is 4.73. The number of hydrogen-bond donors (Lipinski definition) is 0. The van der Waals surface area contributed by atoms with Gasteiger partial charge in [-0.15, -0.1) is 0 Å². The number of carbonyl (C=O) groups excluding carboxylic acids is 2. The molecule has 0 spiro atoms. The molecule has 2 saturated heterocycles. The number of amides is 3. The lowest BCUT2D eigenvalue weighted by molar-refractivity contribution is -0.126. The molecule has 23 heavy (non-hydrogen) atoms. The Hall–Kier alpha value is -1.79. The monoisotopic (exact) mass is 337 g/mol. The van der Waals surface area contributed by atoms with Crippen LogP contribution in [0.1, 0.15) is 6.42 Å². The number of imide groups is 1. The average Bonchev–Trinajstić information content (AvgIpc) is 3.10. The quantitative estimate of drug-likeness (QED) is 0.769. The standard InChI is InChI=1S/C16H20ClN3O3/c1-23-9-8-19-11-15(21)20(16(19)22)12-6-7-18(10-12)14-5-3-2-4-13(14)17/h2-5,12H,6-11H2,1H3. The lowest BCUT2D eigenvalue weighted by atomic mass is 10.2. The summed E-state index contributed by atoms with van der Waals surface area (Å²) in [6, 6.07) is 7.33. The fourth-order valence-corrected chi connectivity index (χ4v) is 3.44. The minimum Gasteiger partial charge on any atom is -0.383 e. The van der Waals surface area contributed by atoms with Crippen LogP contribution in [-0.4, -0.2) is 67.7 Å². The number of urea groups is 1. The fraction of sp³-hybridized carbons (Fsp3) is 0.500. The van der Waals surface area contributed by atoms with Crippen LogP contribution >= 0.6 is 11.6 Å². The normalized spacial score (nSPS) is 21.7. The van der Waals surface area contributed by atoms with Gasteiger partial charge in [0, 0.05) is 26.7 Å². The zero-order valence-electron chi connectivity index (χ0n) is 13.1. The van der Waals surface area contributed by atoms with Crippen LogP contribution in [0.5, 0.6) is 0 Å². The maximum Gasteiger partial charge on any atom is 0.327 e. The molecule has 0 N–H and O–H groups in total. The minimum atomic E-state index is -0.210. The van der Waals surface area contributed by atoms with Gasteiger partial charge in [0.05, 0.1) is 23.4 Å². The van der Waals surface area contributed by atoms with Crippen LogP contribution in [-0.2, 0) is 9.53 Å². The molecular formula is C16H20ClN3O3. The van der Waals surface area contributed by atoms with Crippen LogP contribution in [0.2, 0.25) is 5.02 Å². The van der Waals surface area contributed by atoms with Crippen molar-refractivity contribution < 1.29 is 14.3 Å². The Morgan fingerprint density at radius 2 is 2.09 bits per heavy atom. The van der Waals surface area contributed by atoms with E-state index >= 15 is 0 Å². The number of anilines is 1. The van der Waals surface area contributed by atoms with Gasteiger partial charge in [-0.2, -0.15) is 0 Å². The van der Waals surface area contributed by atoms with E-state index in [1.807, 2.05) is 24.3 Å². The molecular weight excluding hydrogens is 318 g/mol. The summed E-state index contributed by atoms with van der Waals surface area (Å²) in [4.78, 5) is 29.8. The summed E-state index contributed by atoms with van der Waals surface area (Å²) in [5.74, 6) is -0.128.